The molecule has 2 aromatic carbocycles. The van der Waals surface area contributed by atoms with Crippen molar-refractivity contribution in [3.8, 4) is 5.75 Å². The average molecular weight is 379 g/mol. The zero-order chi connectivity index (χ0) is 18.7. The Hall–Kier alpha value is -2.61. The summed E-state index contributed by atoms with van der Waals surface area (Å²) in [5, 5.41) is 3.09. The Balaban J connectivity index is 1.73. The highest BCUT2D eigenvalue weighted by molar-refractivity contribution is 7.91. The second kappa shape index (κ2) is 7.33. The number of halogens is 1. The molecule has 2 atom stereocenters. The van der Waals surface area contributed by atoms with Crippen molar-refractivity contribution < 1.29 is 27.1 Å². The van der Waals surface area contributed by atoms with Crippen LogP contribution >= 0.6 is 0 Å². The molecule has 1 aliphatic heterocycles. The first-order valence-corrected chi connectivity index (χ1v) is 9.76. The van der Waals surface area contributed by atoms with Crippen LogP contribution in [0.2, 0.25) is 0 Å². The van der Waals surface area contributed by atoms with Crippen molar-refractivity contribution in [3.63, 3.8) is 0 Å². The Labute approximate surface area is 150 Å². The minimum Gasteiger partial charge on any atom is -0.497 e. The van der Waals surface area contributed by atoms with Crippen LogP contribution in [-0.2, 0) is 14.6 Å². The molecule has 1 heterocycles. The molecular weight excluding hydrogens is 361 g/mol. The Morgan fingerprint density at radius 3 is 2.35 bits per heavy atom. The van der Waals surface area contributed by atoms with E-state index < -0.39 is 33.8 Å². The van der Waals surface area contributed by atoms with Gasteiger partial charge in [0, 0.05) is 5.69 Å². The van der Waals surface area contributed by atoms with E-state index in [0.29, 0.717) is 11.4 Å². The van der Waals surface area contributed by atoms with Crippen molar-refractivity contribution in [3.05, 3.63) is 59.9 Å². The fourth-order valence-corrected chi connectivity index (χ4v) is 4.54. The van der Waals surface area contributed by atoms with Crippen molar-refractivity contribution in [2.24, 2.45) is 0 Å². The topological polar surface area (TPSA) is 81.7 Å². The lowest BCUT2D eigenvalue weighted by Crippen LogP contribution is -2.35. The van der Waals surface area contributed by atoms with E-state index in [1.807, 2.05) is 0 Å². The second-order valence-corrected chi connectivity index (χ2v) is 8.16. The van der Waals surface area contributed by atoms with Crippen molar-refractivity contribution in [2.45, 2.75) is 12.1 Å². The highest BCUT2D eigenvalue weighted by atomic mass is 32.2. The summed E-state index contributed by atoms with van der Waals surface area (Å²) in [6, 6.07) is 11.3. The maximum atomic E-state index is 13.0. The first kappa shape index (κ1) is 18.2. The number of sulfone groups is 1. The van der Waals surface area contributed by atoms with Crippen LogP contribution in [0.4, 0.5) is 10.1 Å². The van der Waals surface area contributed by atoms with Crippen LogP contribution < -0.4 is 10.1 Å². The minimum atomic E-state index is -3.34. The molecule has 0 aromatic heterocycles. The highest BCUT2D eigenvalue weighted by Gasteiger charge is 2.40. The Morgan fingerprint density at radius 1 is 1.08 bits per heavy atom. The summed E-state index contributed by atoms with van der Waals surface area (Å²) in [6.07, 6.45) is -0.834. The van der Waals surface area contributed by atoms with Crippen LogP contribution in [0.25, 0.3) is 0 Å². The lowest BCUT2D eigenvalue weighted by Gasteiger charge is -2.21. The van der Waals surface area contributed by atoms with E-state index >= 15 is 0 Å². The first-order valence-electron chi connectivity index (χ1n) is 7.94. The largest absolute Gasteiger partial charge is 0.497 e. The first-order chi connectivity index (χ1) is 12.4. The number of benzene rings is 2. The summed E-state index contributed by atoms with van der Waals surface area (Å²) < 4.78 is 47.4. The number of esters is 1. The number of rotatable bonds is 5. The summed E-state index contributed by atoms with van der Waals surface area (Å²) >= 11 is 0. The quantitative estimate of drug-likeness (QED) is 0.803. The van der Waals surface area contributed by atoms with Gasteiger partial charge in [0.1, 0.15) is 17.7 Å². The SMILES string of the molecule is COc1ccc(N[C@@H]2CS(=O)(=O)C[C@H]2OC(=O)c2ccc(F)cc2)cc1. The number of methoxy groups -OCH3 is 1. The molecule has 8 heteroatoms. The zero-order valence-electron chi connectivity index (χ0n) is 14.0. The summed E-state index contributed by atoms with van der Waals surface area (Å²) in [5.74, 6) is -0.875. The van der Waals surface area contributed by atoms with E-state index in [1.165, 1.54) is 12.1 Å². The molecule has 0 saturated carbocycles. The van der Waals surface area contributed by atoms with Gasteiger partial charge in [-0.3, -0.25) is 0 Å². The van der Waals surface area contributed by atoms with Gasteiger partial charge in [0.05, 0.1) is 30.2 Å². The number of ether oxygens (including phenoxy) is 2. The van der Waals surface area contributed by atoms with Gasteiger partial charge in [-0.25, -0.2) is 17.6 Å². The molecule has 138 valence electrons. The third-order valence-corrected chi connectivity index (χ3v) is 5.78. The van der Waals surface area contributed by atoms with Crippen LogP contribution in [0.3, 0.4) is 0 Å². The van der Waals surface area contributed by atoms with Gasteiger partial charge in [-0.15, -0.1) is 0 Å². The van der Waals surface area contributed by atoms with Gasteiger partial charge in [-0.1, -0.05) is 0 Å². The van der Waals surface area contributed by atoms with Gasteiger partial charge in [0.15, 0.2) is 9.84 Å². The standard InChI is InChI=1S/C18H18FNO5S/c1-24-15-8-6-14(7-9-15)20-16-10-26(22,23)11-17(16)25-18(21)12-2-4-13(19)5-3-12/h2-9,16-17,20H,10-11H2,1H3/t16-,17-/m1/s1. The number of nitrogens with one attached hydrogen (secondary N) is 1. The Bertz CT molecular complexity index is 881. The summed E-state index contributed by atoms with van der Waals surface area (Å²) in [4.78, 5) is 12.2. The van der Waals surface area contributed by atoms with E-state index in [1.54, 1.807) is 31.4 Å². The van der Waals surface area contributed by atoms with E-state index in [-0.39, 0.29) is 17.1 Å². The number of anilines is 1. The molecule has 1 fully saturated rings. The highest BCUT2D eigenvalue weighted by Crippen LogP contribution is 2.23. The number of hydrogen-bond acceptors (Lipinski definition) is 6. The lowest BCUT2D eigenvalue weighted by atomic mass is 10.2. The van der Waals surface area contributed by atoms with E-state index in [2.05, 4.69) is 5.32 Å². The third kappa shape index (κ3) is 4.32. The van der Waals surface area contributed by atoms with Gasteiger partial charge in [0.2, 0.25) is 0 Å². The Morgan fingerprint density at radius 2 is 1.73 bits per heavy atom. The minimum absolute atomic E-state index is 0.138. The van der Waals surface area contributed by atoms with Crippen LogP contribution in [0.1, 0.15) is 10.4 Å². The fraction of sp³-hybridized carbons (Fsp3) is 0.278. The van der Waals surface area contributed by atoms with Crippen molar-refractivity contribution in [1.29, 1.82) is 0 Å². The average Bonchev–Trinajstić information content (AvgIpc) is 2.89. The molecule has 0 unspecified atom stereocenters. The monoisotopic (exact) mass is 379 g/mol. The molecule has 0 spiro atoms. The fourth-order valence-electron chi connectivity index (χ4n) is 2.76. The summed E-state index contributed by atoms with van der Waals surface area (Å²) in [6.45, 7) is 0. The molecule has 1 N–H and O–H groups in total. The number of carbonyl (C=O) groups excluding carboxylic acids is 1. The number of carbonyl (C=O) groups is 1. The lowest BCUT2D eigenvalue weighted by molar-refractivity contribution is 0.0336. The zero-order valence-corrected chi connectivity index (χ0v) is 14.8. The van der Waals surface area contributed by atoms with Gasteiger partial charge < -0.3 is 14.8 Å². The van der Waals surface area contributed by atoms with Crippen molar-refractivity contribution in [1.82, 2.24) is 0 Å². The van der Waals surface area contributed by atoms with E-state index in [4.69, 9.17) is 9.47 Å². The number of hydrogen-bond donors (Lipinski definition) is 1. The molecule has 2 aromatic rings. The van der Waals surface area contributed by atoms with Gasteiger partial charge in [-0.2, -0.15) is 0 Å². The van der Waals surface area contributed by atoms with Crippen LogP contribution in [-0.4, -0.2) is 45.1 Å². The molecule has 0 bridgehead atoms. The normalized spacial score (nSPS) is 21.2. The summed E-state index contributed by atoms with van der Waals surface area (Å²) in [7, 11) is -1.78. The van der Waals surface area contributed by atoms with Crippen LogP contribution in [0, 0.1) is 5.82 Å². The molecule has 6 nitrogen and oxygen atoms in total. The molecule has 0 radical (unpaired) electrons. The molecule has 3 rings (SSSR count). The maximum absolute atomic E-state index is 13.0. The molecule has 26 heavy (non-hydrogen) atoms. The van der Waals surface area contributed by atoms with Gasteiger partial charge in [-0.05, 0) is 48.5 Å². The van der Waals surface area contributed by atoms with Crippen molar-refractivity contribution >= 4 is 21.5 Å². The molecule has 0 amide bonds. The van der Waals surface area contributed by atoms with Crippen LogP contribution in [0.15, 0.2) is 48.5 Å². The van der Waals surface area contributed by atoms with E-state index in [0.717, 1.165) is 12.1 Å². The molecular formula is C18H18FNO5S. The van der Waals surface area contributed by atoms with Crippen LogP contribution in [0.5, 0.6) is 5.75 Å². The predicted molar refractivity (Wildman–Crippen MR) is 94.7 cm³/mol. The van der Waals surface area contributed by atoms with Gasteiger partial charge >= 0.3 is 5.97 Å². The third-order valence-electron chi connectivity index (χ3n) is 4.08. The van der Waals surface area contributed by atoms with Crippen molar-refractivity contribution in [2.75, 3.05) is 23.9 Å². The predicted octanol–water partition coefficient (Wildman–Crippen LogP) is 2.27. The summed E-state index contributed by atoms with van der Waals surface area (Å²) in [5.41, 5.74) is 0.856. The Kier molecular flexibility index (Phi) is 5.13. The van der Waals surface area contributed by atoms with E-state index in [9.17, 15) is 17.6 Å². The smallest absolute Gasteiger partial charge is 0.338 e. The maximum Gasteiger partial charge on any atom is 0.338 e. The van der Waals surface area contributed by atoms with Gasteiger partial charge in [0.25, 0.3) is 0 Å². The molecule has 1 saturated heterocycles. The molecule has 0 aliphatic carbocycles. The second-order valence-electron chi connectivity index (χ2n) is 6.01. The molecule has 1 aliphatic rings.